The molecule has 1 aliphatic heterocycles. The van der Waals surface area contributed by atoms with Gasteiger partial charge in [-0.2, -0.15) is 4.36 Å². The van der Waals surface area contributed by atoms with Crippen molar-refractivity contribution in [3.63, 3.8) is 0 Å². The number of rotatable bonds is 5. The molecule has 0 aromatic heterocycles. The number of amides is 2. The summed E-state index contributed by atoms with van der Waals surface area (Å²) in [6.07, 6.45) is 0.516. The van der Waals surface area contributed by atoms with Gasteiger partial charge in [-0.15, -0.1) is 0 Å². The second kappa shape index (κ2) is 8.29. The quantitative estimate of drug-likeness (QED) is 0.508. The van der Waals surface area contributed by atoms with Crippen LogP contribution < -0.4 is 4.74 Å². The Morgan fingerprint density at radius 1 is 1.27 bits per heavy atom. The molecule has 0 N–H and O–H groups in total. The van der Waals surface area contributed by atoms with Crippen molar-refractivity contribution in [3.8, 4) is 5.75 Å². The van der Waals surface area contributed by atoms with Crippen molar-refractivity contribution in [2.75, 3.05) is 24.6 Å². The minimum absolute atomic E-state index is 0.0208. The van der Waals surface area contributed by atoms with E-state index < -0.39 is 43.9 Å². The summed E-state index contributed by atoms with van der Waals surface area (Å²) in [4.78, 5) is 36.8. The van der Waals surface area contributed by atoms with Crippen molar-refractivity contribution in [1.82, 2.24) is 4.90 Å². The number of carbonyl (C=O) groups excluding carboxylic acids is 2. The van der Waals surface area contributed by atoms with Crippen molar-refractivity contribution in [1.29, 1.82) is 0 Å². The first-order chi connectivity index (χ1) is 14.0. The highest BCUT2D eigenvalue weighted by Crippen LogP contribution is 2.34. The van der Waals surface area contributed by atoms with Crippen LogP contribution in [0.5, 0.6) is 5.75 Å². The van der Waals surface area contributed by atoms with E-state index in [0.29, 0.717) is 18.7 Å². The molecule has 30 heavy (non-hydrogen) atoms. The van der Waals surface area contributed by atoms with E-state index in [0.717, 1.165) is 0 Å². The molecule has 1 saturated heterocycles. The van der Waals surface area contributed by atoms with Gasteiger partial charge in [0.2, 0.25) is 6.04 Å². The Morgan fingerprint density at radius 2 is 1.93 bits per heavy atom. The van der Waals surface area contributed by atoms with Crippen LogP contribution in [0.2, 0.25) is 0 Å². The molecule has 2 fully saturated rings. The first kappa shape index (κ1) is 22.1. The molecule has 3 atom stereocenters. The molecule has 1 saturated carbocycles. The van der Waals surface area contributed by atoms with Gasteiger partial charge in [-0.3, -0.25) is 19.7 Å². The number of ether oxygens (including phenoxy) is 1. The Morgan fingerprint density at radius 3 is 2.53 bits per heavy atom. The number of halogens is 1. The Bertz CT molecular complexity index is 971. The molecule has 1 unspecified atom stereocenters. The summed E-state index contributed by atoms with van der Waals surface area (Å²) in [5, 5.41) is 10.7. The summed E-state index contributed by atoms with van der Waals surface area (Å²) in [5.41, 5.74) is -1.23. The molecule has 0 spiro atoms. The standard InChI is InChI=1S/C19H24FN3O6S/c1-19(2,29-14-6-4-13(20)5-7-14)18(25)22-8-3-10-30(28,11-9-22)21-17(24)15-12-16(15)23(26)27/h4-7,15-16H,3,8-12H2,1-2H3/t15-,16-,30?/m1/s1. The first-order valence-corrected chi connectivity index (χ1v) is 11.5. The maximum Gasteiger partial charge on any atom is 0.266 e. The number of hydrogen-bond donors (Lipinski definition) is 0. The lowest BCUT2D eigenvalue weighted by Crippen LogP contribution is -2.49. The Balaban J connectivity index is 1.65. The number of carbonyl (C=O) groups is 2. The topological polar surface area (TPSA) is 119 Å². The average Bonchev–Trinajstić information content (AvgIpc) is 3.48. The fraction of sp³-hybridized carbons (Fsp3) is 0.579. The Labute approximate surface area is 173 Å². The van der Waals surface area contributed by atoms with Crippen molar-refractivity contribution in [2.45, 2.75) is 38.3 Å². The summed E-state index contributed by atoms with van der Waals surface area (Å²) < 4.78 is 35.7. The zero-order valence-electron chi connectivity index (χ0n) is 16.8. The molecule has 1 aliphatic carbocycles. The maximum absolute atomic E-state index is 13.1. The number of nitrogens with zero attached hydrogens (tertiary/aromatic N) is 3. The van der Waals surface area contributed by atoms with E-state index in [1.165, 1.54) is 29.2 Å². The molecule has 2 amide bonds. The highest BCUT2D eigenvalue weighted by atomic mass is 32.2. The summed E-state index contributed by atoms with van der Waals surface area (Å²) >= 11 is 0. The molecule has 164 valence electrons. The first-order valence-electron chi connectivity index (χ1n) is 9.64. The van der Waals surface area contributed by atoms with Gasteiger partial charge < -0.3 is 9.64 Å². The third kappa shape index (κ3) is 5.13. The van der Waals surface area contributed by atoms with E-state index >= 15 is 0 Å². The van der Waals surface area contributed by atoms with E-state index in [4.69, 9.17) is 4.74 Å². The minimum atomic E-state index is -2.88. The van der Waals surface area contributed by atoms with E-state index in [-0.39, 0.29) is 30.4 Å². The van der Waals surface area contributed by atoms with Gasteiger partial charge in [0.25, 0.3) is 11.8 Å². The lowest BCUT2D eigenvalue weighted by atomic mass is 10.1. The molecule has 9 nitrogen and oxygen atoms in total. The molecule has 0 radical (unpaired) electrons. The summed E-state index contributed by atoms with van der Waals surface area (Å²) in [6.45, 7) is 3.66. The molecule has 0 bridgehead atoms. The molecule has 3 rings (SSSR count). The second-order valence-electron chi connectivity index (χ2n) is 8.02. The lowest BCUT2D eigenvalue weighted by Gasteiger charge is -2.31. The number of benzene rings is 1. The van der Waals surface area contributed by atoms with Crippen LogP contribution in [0, 0.1) is 21.8 Å². The average molecular weight is 441 g/mol. The predicted octanol–water partition coefficient (Wildman–Crippen LogP) is 1.88. The summed E-state index contributed by atoms with van der Waals surface area (Å²) in [6, 6.07) is 4.40. The maximum atomic E-state index is 13.1. The van der Waals surface area contributed by atoms with Crippen LogP contribution in [0.15, 0.2) is 28.6 Å². The van der Waals surface area contributed by atoms with Gasteiger partial charge in [-0.25, -0.2) is 8.60 Å². The Kier molecular flexibility index (Phi) is 6.11. The minimum Gasteiger partial charge on any atom is -0.478 e. The summed E-state index contributed by atoms with van der Waals surface area (Å²) in [7, 11) is -2.88. The third-order valence-corrected chi connectivity index (χ3v) is 7.42. The monoisotopic (exact) mass is 441 g/mol. The number of hydrogen-bond acceptors (Lipinski definition) is 6. The van der Waals surface area contributed by atoms with E-state index in [9.17, 15) is 28.3 Å². The van der Waals surface area contributed by atoms with Crippen LogP contribution in [0.1, 0.15) is 26.7 Å². The molecule has 1 aromatic rings. The number of nitro groups is 1. The zero-order valence-corrected chi connectivity index (χ0v) is 17.6. The van der Waals surface area contributed by atoms with Crippen LogP contribution in [0.25, 0.3) is 0 Å². The SMILES string of the molecule is CC(C)(Oc1ccc(F)cc1)C(=O)N1CCCS(=O)(=NC(=O)[C@@H]2C[C@H]2[N+](=O)[O-])CC1. The van der Waals surface area contributed by atoms with Gasteiger partial charge in [0, 0.05) is 35.9 Å². The van der Waals surface area contributed by atoms with Gasteiger partial charge >= 0.3 is 0 Å². The fourth-order valence-corrected chi connectivity index (χ4v) is 5.31. The Hall–Kier alpha value is -2.56. The molecule has 2 aliphatic rings. The van der Waals surface area contributed by atoms with Crippen molar-refractivity contribution in [2.24, 2.45) is 10.3 Å². The van der Waals surface area contributed by atoms with Gasteiger partial charge in [0.1, 0.15) is 17.5 Å². The van der Waals surface area contributed by atoms with Crippen LogP contribution in [-0.4, -0.2) is 62.1 Å². The van der Waals surface area contributed by atoms with Gasteiger partial charge in [-0.1, -0.05) is 0 Å². The highest BCUT2D eigenvalue weighted by molar-refractivity contribution is 7.93. The molecule has 11 heteroatoms. The van der Waals surface area contributed by atoms with Crippen LogP contribution in [-0.2, 0) is 19.3 Å². The molecule has 1 aromatic carbocycles. The van der Waals surface area contributed by atoms with Crippen LogP contribution in [0.3, 0.4) is 0 Å². The van der Waals surface area contributed by atoms with E-state index in [1.807, 2.05) is 0 Å². The molecular weight excluding hydrogens is 417 g/mol. The van der Waals surface area contributed by atoms with Gasteiger partial charge in [0.05, 0.1) is 9.73 Å². The van der Waals surface area contributed by atoms with Crippen molar-refractivity contribution < 1.29 is 27.8 Å². The smallest absolute Gasteiger partial charge is 0.266 e. The van der Waals surface area contributed by atoms with Crippen LogP contribution in [0.4, 0.5) is 4.39 Å². The van der Waals surface area contributed by atoms with E-state index in [2.05, 4.69) is 4.36 Å². The van der Waals surface area contributed by atoms with Gasteiger partial charge in [-0.05, 0) is 44.5 Å². The normalized spacial score (nSPS) is 26.4. The third-order valence-electron chi connectivity index (χ3n) is 5.16. The predicted molar refractivity (Wildman–Crippen MR) is 107 cm³/mol. The van der Waals surface area contributed by atoms with Crippen molar-refractivity contribution >= 4 is 21.5 Å². The second-order valence-corrected chi connectivity index (χ2v) is 10.6. The van der Waals surface area contributed by atoms with E-state index in [1.54, 1.807) is 13.8 Å². The lowest BCUT2D eigenvalue weighted by molar-refractivity contribution is -0.497. The van der Waals surface area contributed by atoms with Gasteiger partial charge in [0.15, 0.2) is 5.60 Å². The zero-order chi connectivity index (χ0) is 22.1. The molecular formula is C19H24FN3O6S. The highest BCUT2D eigenvalue weighted by Gasteiger charge is 2.53. The van der Waals surface area contributed by atoms with Crippen LogP contribution >= 0.6 is 0 Å². The van der Waals surface area contributed by atoms with Crippen molar-refractivity contribution in [3.05, 3.63) is 40.2 Å². The largest absolute Gasteiger partial charge is 0.478 e. The fourth-order valence-electron chi connectivity index (χ4n) is 3.38. The summed E-state index contributed by atoms with van der Waals surface area (Å²) in [5.74, 6) is -1.69. The molecule has 1 heterocycles.